The van der Waals surface area contributed by atoms with Crippen LogP contribution in [0, 0.1) is 17.7 Å². The molecule has 1 saturated carbocycles. The molecule has 4 fully saturated rings. The van der Waals surface area contributed by atoms with Crippen LogP contribution in [0.15, 0.2) is 42.5 Å². The lowest BCUT2D eigenvalue weighted by atomic mass is 9.81. The van der Waals surface area contributed by atoms with E-state index in [1.165, 1.54) is 49.5 Å². The minimum atomic E-state index is -0.656. The van der Waals surface area contributed by atoms with Gasteiger partial charge in [-0.25, -0.2) is 4.39 Å². The van der Waals surface area contributed by atoms with Gasteiger partial charge in [-0.3, -0.25) is 14.6 Å². The molecule has 0 radical (unpaired) electrons. The third-order valence-corrected chi connectivity index (χ3v) is 13.2. The van der Waals surface area contributed by atoms with Crippen molar-refractivity contribution in [1.82, 2.24) is 30.2 Å². The summed E-state index contributed by atoms with van der Waals surface area (Å²) >= 11 is 0. The number of amides is 1. The van der Waals surface area contributed by atoms with Crippen LogP contribution in [0.1, 0.15) is 61.4 Å². The molecule has 0 spiro atoms. The van der Waals surface area contributed by atoms with E-state index in [2.05, 4.69) is 70.5 Å². The Bertz CT molecular complexity index is 1820. The number of phenols is 1. The van der Waals surface area contributed by atoms with E-state index in [1.807, 2.05) is 6.07 Å². The van der Waals surface area contributed by atoms with Gasteiger partial charge in [0, 0.05) is 101 Å². The number of carbonyl (C=O) groups is 1. The monoisotopic (exact) mass is 723 g/mol. The molecular formula is C41H54FN9O2. The van der Waals surface area contributed by atoms with Crippen molar-refractivity contribution in [3.63, 3.8) is 0 Å². The number of rotatable bonds is 7. The van der Waals surface area contributed by atoms with Gasteiger partial charge in [0.05, 0.1) is 16.9 Å². The van der Waals surface area contributed by atoms with Crippen LogP contribution in [0.3, 0.4) is 0 Å². The highest BCUT2D eigenvalue weighted by atomic mass is 19.1. The van der Waals surface area contributed by atoms with E-state index in [1.54, 1.807) is 12.1 Å². The van der Waals surface area contributed by atoms with Gasteiger partial charge in [-0.15, -0.1) is 10.2 Å². The minimum Gasteiger partial charge on any atom is -0.504 e. The third kappa shape index (κ3) is 6.82. The van der Waals surface area contributed by atoms with Crippen LogP contribution in [0.4, 0.5) is 21.6 Å². The maximum absolute atomic E-state index is 14.1. The number of fused-ring (bicyclic) bond motifs is 4. The lowest BCUT2D eigenvalue weighted by Crippen LogP contribution is -2.66. The van der Waals surface area contributed by atoms with Gasteiger partial charge in [-0.1, -0.05) is 12.1 Å². The molecule has 282 valence electrons. The molecule has 3 saturated heterocycles. The maximum Gasteiger partial charge on any atom is 0.254 e. The molecule has 9 rings (SSSR count). The van der Waals surface area contributed by atoms with Crippen LogP contribution >= 0.6 is 0 Å². The highest BCUT2D eigenvalue weighted by molar-refractivity contribution is 5.99. The maximum atomic E-state index is 14.1. The second-order valence-corrected chi connectivity index (χ2v) is 16.8. The number of hydrogen-bond donors (Lipinski definition) is 3. The molecule has 1 aromatic heterocycles. The number of piperazine rings is 2. The van der Waals surface area contributed by atoms with Crippen molar-refractivity contribution >= 4 is 23.1 Å². The Morgan fingerprint density at radius 2 is 1.68 bits per heavy atom. The quantitative estimate of drug-likeness (QED) is 0.320. The molecule has 2 atom stereocenters. The van der Waals surface area contributed by atoms with Gasteiger partial charge in [-0.2, -0.15) is 0 Å². The van der Waals surface area contributed by atoms with E-state index < -0.39 is 5.82 Å². The predicted molar refractivity (Wildman–Crippen MR) is 206 cm³/mol. The molecule has 6 aliphatic rings. The van der Waals surface area contributed by atoms with Crippen LogP contribution in [0.25, 0.3) is 11.3 Å². The summed E-state index contributed by atoms with van der Waals surface area (Å²) in [4.78, 5) is 25.7. The first kappa shape index (κ1) is 34.7. The van der Waals surface area contributed by atoms with E-state index in [-0.39, 0.29) is 17.2 Å². The summed E-state index contributed by atoms with van der Waals surface area (Å²) in [6.07, 6.45) is 7.46. The fraction of sp³-hybridized carbons (Fsp3) is 0.585. The molecule has 11 nitrogen and oxygen atoms in total. The Kier molecular flexibility index (Phi) is 9.40. The highest BCUT2D eigenvalue weighted by Crippen LogP contribution is 2.41. The van der Waals surface area contributed by atoms with Crippen molar-refractivity contribution in [2.75, 3.05) is 93.7 Å². The lowest BCUT2D eigenvalue weighted by Gasteiger charge is -2.53. The molecule has 0 unspecified atom stereocenters. The molecule has 6 heterocycles. The Hall–Kier alpha value is -4.00. The van der Waals surface area contributed by atoms with Crippen molar-refractivity contribution in [2.45, 2.75) is 63.6 Å². The van der Waals surface area contributed by atoms with Gasteiger partial charge in [-0.05, 0) is 99.7 Å². The van der Waals surface area contributed by atoms with Gasteiger partial charge in [0.2, 0.25) is 0 Å². The predicted octanol–water partition coefficient (Wildman–Crippen LogP) is 4.63. The van der Waals surface area contributed by atoms with Crippen molar-refractivity contribution in [3.05, 3.63) is 59.4 Å². The molecular weight excluding hydrogens is 670 g/mol. The first-order valence-electron chi connectivity index (χ1n) is 20.0. The standard InChI is InChI=1S/C41H54FN9O2/c1-41-26-44-39-37(21-36(45-46-39)33-5-2-6-35(42)38(33)52)51(41)19-16-48(27-41)24-29-9-7-28(8-10-29)23-47-14-17-49(18-15-47)31-12-11-30-25-50(40(53)34(30)20-31)32-4-3-13-43-22-32/h2,5-6,11-12,20-21,28-29,32,43,52H,3-4,7-10,13-19,22-27H2,1H3,(H,44,46)/t28?,29?,32-,41+/m0/s1. The van der Waals surface area contributed by atoms with E-state index in [9.17, 15) is 14.3 Å². The number of anilines is 3. The van der Waals surface area contributed by atoms with Crippen molar-refractivity contribution < 1.29 is 14.3 Å². The number of hydrogen-bond acceptors (Lipinski definition) is 10. The second-order valence-electron chi connectivity index (χ2n) is 16.8. The molecule has 12 heteroatoms. The Morgan fingerprint density at radius 1 is 0.906 bits per heavy atom. The number of halogens is 1. The summed E-state index contributed by atoms with van der Waals surface area (Å²) in [5.74, 6) is 1.43. The lowest BCUT2D eigenvalue weighted by molar-refractivity contribution is 0.0674. The topological polar surface area (TPSA) is 103 Å². The summed E-state index contributed by atoms with van der Waals surface area (Å²) in [7, 11) is 0. The summed E-state index contributed by atoms with van der Waals surface area (Å²) in [6.45, 7) is 15.3. The van der Waals surface area contributed by atoms with Gasteiger partial charge in [0.25, 0.3) is 5.91 Å². The number of benzene rings is 2. The number of nitrogens with one attached hydrogen (secondary N) is 2. The smallest absolute Gasteiger partial charge is 0.254 e. The number of piperidine rings is 1. The van der Waals surface area contributed by atoms with Crippen molar-refractivity contribution in [2.24, 2.45) is 11.8 Å². The van der Waals surface area contributed by atoms with Crippen LogP contribution in [-0.4, -0.2) is 126 Å². The molecule has 5 aliphatic heterocycles. The minimum absolute atomic E-state index is 0.1000. The highest BCUT2D eigenvalue weighted by Gasteiger charge is 2.43. The van der Waals surface area contributed by atoms with Crippen LogP contribution in [-0.2, 0) is 6.54 Å². The first-order chi connectivity index (χ1) is 25.8. The Balaban J connectivity index is 0.738. The van der Waals surface area contributed by atoms with Crippen LogP contribution in [0.2, 0.25) is 0 Å². The van der Waals surface area contributed by atoms with Gasteiger partial charge in [0.1, 0.15) is 0 Å². The number of carbonyl (C=O) groups excluding carboxylic acids is 1. The largest absolute Gasteiger partial charge is 0.504 e. The number of nitrogens with zero attached hydrogens (tertiary/aromatic N) is 7. The zero-order chi connectivity index (χ0) is 36.1. The van der Waals surface area contributed by atoms with E-state index in [4.69, 9.17) is 0 Å². The SMILES string of the molecule is C[C@]12CNc3nnc(-c4cccc(F)c4O)cc3N1CCN(CC1CCC(CN3CCN(c4ccc5c(c4)C(=O)N([C@H]4CCCNC4)C5)CC3)CC1)C2. The Labute approximate surface area is 312 Å². The fourth-order valence-electron chi connectivity index (χ4n) is 10.1. The Morgan fingerprint density at radius 3 is 2.45 bits per heavy atom. The molecule has 53 heavy (non-hydrogen) atoms. The number of aromatic nitrogens is 2. The normalized spacial score (nSPS) is 28.0. The van der Waals surface area contributed by atoms with Crippen molar-refractivity contribution in [3.8, 4) is 17.0 Å². The summed E-state index contributed by atoms with van der Waals surface area (Å²) in [6, 6.07) is 13.4. The molecule has 3 N–H and O–H groups in total. The third-order valence-electron chi connectivity index (χ3n) is 13.2. The van der Waals surface area contributed by atoms with Crippen LogP contribution in [0.5, 0.6) is 5.75 Å². The van der Waals surface area contributed by atoms with Crippen molar-refractivity contribution in [1.29, 1.82) is 0 Å². The van der Waals surface area contributed by atoms with E-state index in [0.29, 0.717) is 17.3 Å². The van der Waals surface area contributed by atoms with E-state index in [0.717, 1.165) is 120 Å². The van der Waals surface area contributed by atoms with Gasteiger partial charge >= 0.3 is 0 Å². The molecule has 2 aromatic carbocycles. The first-order valence-corrected chi connectivity index (χ1v) is 20.0. The molecule has 3 aromatic rings. The number of para-hydroxylation sites is 1. The average Bonchev–Trinajstić information content (AvgIpc) is 3.52. The summed E-state index contributed by atoms with van der Waals surface area (Å²) < 4.78 is 14.1. The molecule has 0 bridgehead atoms. The summed E-state index contributed by atoms with van der Waals surface area (Å²) in [5, 5.41) is 26.1. The number of aromatic hydroxyl groups is 1. The zero-order valence-corrected chi connectivity index (χ0v) is 31.1. The van der Waals surface area contributed by atoms with Gasteiger partial charge < -0.3 is 30.4 Å². The summed E-state index contributed by atoms with van der Waals surface area (Å²) in [5.41, 5.74) is 5.00. The zero-order valence-electron chi connectivity index (χ0n) is 31.1. The van der Waals surface area contributed by atoms with E-state index >= 15 is 0 Å². The molecule has 1 aliphatic carbocycles. The van der Waals surface area contributed by atoms with Crippen LogP contribution < -0.4 is 20.4 Å². The second kappa shape index (κ2) is 14.3. The molecule has 1 amide bonds. The van der Waals surface area contributed by atoms with Gasteiger partial charge in [0.15, 0.2) is 17.4 Å². The number of phenolic OH excluding ortho intramolecular Hbond substituents is 1. The average molecular weight is 724 g/mol. The fourth-order valence-corrected chi connectivity index (χ4v) is 10.1.